The molecule has 3 aromatic rings. The molecule has 0 saturated carbocycles. The van der Waals surface area contributed by atoms with Gasteiger partial charge in [-0.3, -0.25) is 5.32 Å². The Morgan fingerprint density at radius 1 is 0.857 bits per heavy atom. The van der Waals surface area contributed by atoms with Crippen LogP contribution in [0.3, 0.4) is 0 Å². The third-order valence-corrected chi connectivity index (χ3v) is 7.56. The van der Waals surface area contributed by atoms with Crippen LogP contribution in [0.4, 0.5) is 0 Å². The molecule has 0 spiro atoms. The summed E-state index contributed by atoms with van der Waals surface area (Å²) in [5.41, 5.74) is 1.99. The Labute approximate surface area is 288 Å². The molecular weight excluding hydrogens is 658 g/mol. The molecule has 2 N–H and O–H groups in total. The van der Waals surface area contributed by atoms with Gasteiger partial charge in [0.1, 0.15) is 11.5 Å². The minimum Gasteiger partial charge on any atom is -0.482 e. The van der Waals surface area contributed by atoms with Gasteiger partial charge >= 0.3 is 23.9 Å². The normalized spacial score (nSPS) is 18.0. The average molecular weight is 696 g/mol. The first-order valence-corrected chi connectivity index (χ1v) is 16.1. The van der Waals surface area contributed by atoms with E-state index in [0.29, 0.717) is 24.3 Å². The molecule has 3 aromatic carbocycles. The van der Waals surface area contributed by atoms with Crippen LogP contribution < -0.4 is 14.8 Å². The highest BCUT2D eigenvalue weighted by atomic mass is 35.5. The molecule has 1 aliphatic rings. The van der Waals surface area contributed by atoms with Crippen molar-refractivity contribution >= 4 is 35.5 Å². The number of benzene rings is 3. The summed E-state index contributed by atoms with van der Waals surface area (Å²) in [5.74, 6) is -4.24. The maximum atomic E-state index is 12.4. The number of carbonyl (C=O) groups is 4. The van der Waals surface area contributed by atoms with Crippen LogP contribution in [0, 0.1) is 0 Å². The second-order valence-electron chi connectivity index (χ2n) is 10.8. The first kappa shape index (κ1) is 36.9. The van der Waals surface area contributed by atoms with Crippen LogP contribution >= 0.6 is 11.6 Å². The van der Waals surface area contributed by atoms with E-state index in [-0.39, 0.29) is 49.5 Å². The number of aliphatic hydroxyl groups is 1. The van der Waals surface area contributed by atoms with Crippen molar-refractivity contribution in [2.45, 2.75) is 44.6 Å². The Morgan fingerprint density at radius 2 is 1.41 bits per heavy atom. The van der Waals surface area contributed by atoms with Gasteiger partial charge in [-0.2, -0.15) is 0 Å². The van der Waals surface area contributed by atoms with Crippen LogP contribution in [0.5, 0.6) is 11.5 Å². The van der Waals surface area contributed by atoms with Gasteiger partial charge in [0.05, 0.1) is 13.2 Å². The standard InChI is InChI=1S/C36H38ClNO11/c1-3-44-33(41)22-46-28-14-10-24(11-15-28)30(25-12-16-29(17-13-25)47-23-34(42)45-4-2)9-6-20-38-35-36(43,26-7-5-8-27(37)21-26)49-32(40)19-18-31(39)48-35/h5,7-8,10-19,21,30,35,38,43H,3-4,6,9,20,22-23H2,1-2H3/b19-18+/t35?,36-/m1/s1. The second-order valence-corrected chi connectivity index (χ2v) is 11.2. The van der Waals surface area contributed by atoms with Crippen LogP contribution in [-0.4, -0.2) is 68.2 Å². The van der Waals surface area contributed by atoms with Crippen molar-refractivity contribution in [2.24, 2.45) is 0 Å². The smallest absolute Gasteiger partial charge is 0.344 e. The van der Waals surface area contributed by atoms with Crippen LogP contribution in [0.25, 0.3) is 0 Å². The predicted octanol–water partition coefficient (Wildman–Crippen LogP) is 4.55. The van der Waals surface area contributed by atoms with Crippen molar-refractivity contribution in [1.29, 1.82) is 0 Å². The third kappa shape index (κ3) is 10.8. The van der Waals surface area contributed by atoms with Gasteiger partial charge in [-0.15, -0.1) is 0 Å². The van der Waals surface area contributed by atoms with Gasteiger partial charge in [-0.05, 0) is 80.8 Å². The molecule has 12 nitrogen and oxygen atoms in total. The van der Waals surface area contributed by atoms with Gasteiger partial charge in [-0.25, -0.2) is 19.2 Å². The van der Waals surface area contributed by atoms with Crippen LogP contribution in [0.2, 0.25) is 5.02 Å². The summed E-state index contributed by atoms with van der Waals surface area (Å²) in [5, 5.41) is 14.9. The maximum absolute atomic E-state index is 12.4. The first-order valence-electron chi connectivity index (χ1n) is 15.7. The number of carbonyl (C=O) groups excluding carboxylic acids is 4. The van der Waals surface area contributed by atoms with Crippen LogP contribution in [-0.2, 0) is 43.9 Å². The highest BCUT2D eigenvalue weighted by molar-refractivity contribution is 6.30. The molecule has 0 amide bonds. The molecule has 2 atom stereocenters. The van der Waals surface area contributed by atoms with Crippen LogP contribution in [0.15, 0.2) is 84.9 Å². The summed E-state index contributed by atoms with van der Waals surface area (Å²) in [4.78, 5) is 48.2. The summed E-state index contributed by atoms with van der Waals surface area (Å²) in [6.07, 6.45) is 1.42. The molecule has 13 heteroatoms. The molecule has 4 rings (SSSR count). The van der Waals surface area contributed by atoms with Gasteiger partial charge in [0.25, 0.3) is 5.79 Å². The van der Waals surface area contributed by atoms with E-state index in [1.165, 1.54) is 12.1 Å². The lowest BCUT2D eigenvalue weighted by Gasteiger charge is -2.36. The summed E-state index contributed by atoms with van der Waals surface area (Å²) in [6.45, 7) is 3.77. The highest BCUT2D eigenvalue weighted by Gasteiger charge is 2.46. The molecule has 0 saturated heterocycles. The molecule has 1 heterocycles. The van der Waals surface area contributed by atoms with E-state index in [0.717, 1.165) is 23.3 Å². The predicted molar refractivity (Wildman–Crippen MR) is 177 cm³/mol. The molecule has 0 radical (unpaired) electrons. The number of halogens is 1. The lowest BCUT2D eigenvalue weighted by atomic mass is 9.87. The molecule has 0 aliphatic carbocycles. The van der Waals surface area contributed by atoms with Gasteiger partial charge < -0.3 is 33.5 Å². The fraction of sp³-hybridized carbons (Fsp3) is 0.333. The van der Waals surface area contributed by atoms with E-state index in [4.69, 9.17) is 40.0 Å². The van der Waals surface area contributed by atoms with Crippen molar-refractivity contribution in [3.05, 3.63) is 107 Å². The Morgan fingerprint density at radius 3 is 1.94 bits per heavy atom. The third-order valence-electron chi connectivity index (χ3n) is 7.33. The minimum absolute atomic E-state index is 0.113. The maximum Gasteiger partial charge on any atom is 0.344 e. The largest absolute Gasteiger partial charge is 0.482 e. The number of esters is 4. The fourth-order valence-corrected chi connectivity index (χ4v) is 5.25. The minimum atomic E-state index is -2.37. The number of rotatable bonds is 16. The fourth-order valence-electron chi connectivity index (χ4n) is 5.06. The van der Waals surface area contributed by atoms with E-state index >= 15 is 0 Å². The molecular formula is C36H38ClNO11. The molecule has 1 unspecified atom stereocenters. The molecule has 1 aliphatic heterocycles. The van der Waals surface area contributed by atoms with Crippen molar-refractivity contribution in [2.75, 3.05) is 33.0 Å². The van der Waals surface area contributed by atoms with Gasteiger partial charge in [0.2, 0.25) is 6.23 Å². The Bertz CT molecular complexity index is 1540. The Hall–Kier alpha value is -4.91. The molecule has 49 heavy (non-hydrogen) atoms. The second kappa shape index (κ2) is 18.0. The topological polar surface area (TPSA) is 156 Å². The summed E-state index contributed by atoms with van der Waals surface area (Å²) >= 11 is 6.15. The first-order chi connectivity index (χ1) is 23.6. The van der Waals surface area contributed by atoms with Gasteiger partial charge in [-0.1, -0.05) is 48.0 Å². The van der Waals surface area contributed by atoms with E-state index in [9.17, 15) is 24.3 Å². The van der Waals surface area contributed by atoms with Crippen LogP contribution in [0.1, 0.15) is 49.3 Å². The number of nitrogens with one attached hydrogen (secondary N) is 1. The molecule has 0 bridgehead atoms. The molecule has 260 valence electrons. The number of cyclic esters (lactones) is 2. The van der Waals surface area contributed by atoms with Crippen molar-refractivity contribution in [3.8, 4) is 11.5 Å². The average Bonchev–Trinajstić information content (AvgIpc) is 3.09. The molecule has 0 aromatic heterocycles. The summed E-state index contributed by atoms with van der Waals surface area (Å²) in [7, 11) is 0. The van der Waals surface area contributed by atoms with E-state index in [1.54, 1.807) is 50.2 Å². The SMILES string of the molecule is CCOC(=O)COc1ccc(C(CCCNC2OC(=O)/C=C/C(=O)O[C@]2(O)c2cccc(Cl)c2)c2ccc(OCC(=O)OCC)cc2)cc1. The van der Waals surface area contributed by atoms with E-state index in [2.05, 4.69) is 5.32 Å². The van der Waals surface area contributed by atoms with Crippen molar-refractivity contribution in [3.63, 3.8) is 0 Å². The number of ether oxygens (including phenoxy) is 6. The zero-order valence-electron chi connectivity index (χ0n) is 27.1. The lowest BCUT2D eigenvalue weighted by Crippen LogP contribution is -2.54. The lowest BCUT2D eigenvalue weighted by molar-refractivity contribution is -0.265. The molecule has 0 fully saturated rings. The summed E-state index contributed by atoms with van der Waals surface area (Å²) < 4.78 is 31.8. The Kier molecular flexibility index (Phi) is 13.6. The van der Waals surface area contributed by atoms with Gasteiger partial charge in [0.15, 0.2) is 13.2 Å². The monoisotopic (exact) mass is 695 g/mol. The number of hydrogen-bond acceptors (Lipinski definition) is 12. The number of hydrogen-bond donors (Lipinski definition) is 2. The quantitative estimate of drug-likeness (QED) is 0.123. The van der Waals surface area contributed by atoms with Crippen molar-refractivity contribution in [1.82, 2.24) is 5.32 Å². The van der Waals surface area contributed by atoms with E-state index < -0.39 is 35.9 Å². The highest BCUT2D eigenvalue weighted by Crippen LogP contribution is 2.33. The van der Waals surface area contributed by atoms with E-state index in [1.807, 2.05) is 24.3 Å². The zero-order valence-corrected chi connectivity index (χ0v) is 27.9. The van der Waals surface area contributed by atoms with Gasteiger partial charge in [0, 0.05) is 28.7 Å². The zero-order chi connectivity index (χ0) is 35.2. The van der Waals surface area contributed by atoms with Crippen molar-refractivity contribution < 1.29 is 52.7 Å². The Balaban J connectivity index is 1.50. The summed E-state index contributed by atoms with van der Waals surface area (Å²) in [6, 6.07) is 20.7.